The van der Waals surface area contributed by atoms with E-state index in [1.54, 1.807) is 26.8 Å². The standard InChI is InChI=1S/C22H29BF3NO5/c1-19(2,3)30-18(29)27-13-16(23-31-20(4,5)21(6,7)32-23)12-14-8-10-15(11-9-14)17(28)22(24,25)26/h8-12H,13H2,1-7H3,(H,27,29). The maximum absolute atomic E-state index is 12.6. The zero-order valence-corrected chi connectivity index (χ0v) is 19.3. The number of nitrogens with one attached hydrogen (secondary N) is 1. The molecule has 0 atom stereocenters. The van der Waals surface area contributed by atoms with Crippen molar-refractivity contribution in [2.45, 2.75) is 71.4 Å². The van der Waals surface area contributed by atoms with Crippen LogP contribution in [0.2, 0.25) is 0 Å². The molecule has 1 N–H and O–H groups in total. The number of benzene rings is 1. The summed E-state index contributed by atoms with van der Waals surface area (Å²) in [6.07, 6.45) is -3.93. The molecule has 1 heterocycles. The van der Waals surface area contributed by atoms with Crippen LogP contribution in [-0.4, -0.2) is 48.5 Å². The lowest BCUT2D eigenvalue weighted by Gasteiger charge is -2.32. The first kappa shape index (κ1) is 25.9. The minimum Gasteiger partial charge on any atom is -0.444 e. The SMILES string of the molecule is CC(C)(C)OC(=O)NCC(=Cc1ccc(C(=O)C(F)(F)F)cc1)B1OC(C)(C)C(C)(C)O1. The second kappa shape index (κ2) is 8.90. The summed E-state index contributed by atoms with van der Waals surface area (Å²) in [6.45, 7) is 12.7. The van der Waals surface area contributed by atoms with Crippen LogP contribution in [0, 0.1) is 0 Å². The van der Waals surface area contributed by atoms with Gasteiger partial charge in [-0.2, -0.15) is 13.2 Å². The third-order valence-corrected chi connectivity index (χ3v) is 5.17. The Balaban J connectivity index is 2.29. The van der Waals surface area contributed by atoms with Crippen LogP contribution >= 0.6 is 0 Å². The van der Waals surface area contributed by atoms with Crippen molar-refractivity contribution in [3.8, 4) is 0 Å². The fourth-order valence-corrected chi connectivity index (χ4v) is 2.79. The highest BCUT2D eigenvalue weighted by molar-refractivity contribution is 6.56. The molecule has 1 aliphatic rings. The summed E-state index contributed by atoms with van der Waals surface area (Å²) in [5.41, 5.74) is -1.36. The van der Waals surface area contributed by atoms with Crippen LogP contribution in [0.5, 0.6) is 0 Å². The van der Waals surface area contributed by atoms with Crippen LogP contribution in [0.25, 0.3) is 6.08 Å². The van der Waals surface area contributed by atoms with E-state index in [1.807, 2.05) is 27.7 Å². The highest BCUT2D eigenvalue weighted by Crippen LogP contribution is 2.38. The van der Waals surface area contributed by atoms with Crippen LogP contribution in [0.1, 0.15) is 64.4 Å². The van der Waals surface area contributed by atoms with Crippen LogP contribution in [-0.2, 0) is 14.0 Å². The van der Waals surface area contributed by atoms with Gasteiger partial charge < -0.3 is 19.4 Å². The average molecular weight is 455 g/mol. The van der Waals surface area contributed by atoms with Gasteiger partial charge in [-0.25, -0.2) is 4.79 Å². The van der Waals surface area contributed by atoms with Crippen LogP contribution in [0.4, 0.5) is 18.0 Å². The van der Waals surface area contributed by atoms with E-state index in [4.69, 9.17) is 14.0 Å². The van der Waals surface area contributed by atoms with Gasteiger partial charge in [0.2, 0.25) is 0 Å². The number of carbonyl (C=O) groups is 2. The lowest BCUT2D eigenvalue weighted by molar-refractivity contribution is -0.0885. The number of ether oxygens (including phenoxy) is 1. The van der Waals surface area contributed by atoms with Gasteiger partial charge in [0, 0.05) is 12.1 Å². The maximum Gasteiger partial charge on any atom is 0.492 e. The Hall–Kier alpha value is -2.33. The van der Waals surface area contributed by atoms with Gasteiger partial charge in [0.15, 0.2) is 0 Å². The molecule has 1 saturated heterocycles. The summed E-state index contributed by atoms with van der Waals surface area (Å²) in [5, 5.41) is 2.65. The lowest BCUT2D eigenvalue weighted by Crippen LogP contribution is -2.41. The Kier molecular flexibility index (Phi) is 7.21. The number of hydrogen-bond acceptors (Lipinski definition) is 5. The van der Waals surface area contributed by atoms with Crippen LogP contribution in [0.3, 0.4) is 0 Å². The number of alkyl carbamates (subject to hydrolysis) is 1. The first-order valence-corrected chi connectivity index (χ1v) is 10.2. The summed E-state index contributed by atoms with van der Waals surface area (Å²) < 4.78 is 55.3. The number of carbonyl (C=O) groups excluding carboxylic acids is 2. The molecule has 2 rings (SSSR count). The van der Waals surface area contributed by atoms with Gasteiger partial charge >= 0.3 is 19.4 Å². The van der Waals surface area contributed by atoms with Crippen molar-refractivity contribution in [1.82, 2.24) is 5.32 Å². The number of rotatable bonds is 5. The van der Waals surface area contributed by atoms with E-state index in [-0.39, 0.29) is 6.54 Å². The molecule has 1 aromatic carbocycles. The third kappa shape index (κ3) is 6.59. The van der Waals surface area contributed by atoms with Gasteiger partial charge in [-0.15, -0.1) is 0 Å². The van der Waals surface area contributed by atoms with E-state index in [1.165, 1.54) is 12.1 Å². The number of Topliss-reactive ketones (excluding diaryl/α,β-unsaturated/α-hetero) is 1. The van der Waals surface area contributed by atoms with Crippen molar-refractivity contribution < 1.29 is 36.8 Å². The van der Waals surface area contributed by atoms with Gasteiger partial charge in [-0.05, 0) is 59.5 Å². The summed E-state index contributed by atoms with van der Waals surface area (Å²) in [7, 11) is -0.800. The number of hydrogen-bond donors (Lipinski definition) is 1. The van der Waals surface area contributed by atoms with Gasteiger partial charge in [-0.1, -0.05) is 30.3 Å². The van der Waals surface area contributed by atoms with Gasteiger partial charge in [0.25, 0.3) is 5.78 Å². The number of alkyl halides is 3. The van der Waals surface area contributed by atoms with E-state index in [9.17, 15) is 22.8 Å². The molecule has 6 nitrogen and oxygen atoms in total. The third-order valence-electron chi connectivity index (χ3n) is 5.17. The predicted octanol–water partition coefficient (Wildman–Crippen LogP) is 4.97. The molecule has 1 aliphatic heterocycles. The van der Waals surface area contributed by atoms with Crippen LogP contribution < -0.4 is 5.32 Å². The first-order valence-electron chi connectivity index (χ1n) is 10.2. The monoisotopic (exact) mass is 455 g/mol. The topological polar surface area (TPSA) is 73.9 Å². The lowest BCUT2D eigenvalue weighted by atomic mass is 9.77. The average Bonchev–Trinajstić information content (AvgIpc) is 2.83. The van der Waals surface area contributed by atoms with E-state index in [2.05, 4.69) is 5.32 Å². The van der Waals surface area contributed by atoms with Crippen molar-refractivity contribution in [3.05, 3.63) is 40.9 Å². The highest BCUT2D eigenvalue weighted by atomic mass is 19.4. The number of ketones is 1. The number of amides is 1. The molecule has 10 heteroatoms. The summed E-state index contributed by atoms with van der Waals surface area (Å²) >= 11 is 0. The first-order chi connectivity index (χ1) is 14.4. The molecule has 1 amide bonds. The van der Waals surface area contributed by atoms with Gasteiger partial charge in [0.05, 0.1) is 11.2 Å². The zero-order valence-electron chi connectivity index (χ0n) is 19.3. The molecule has 176 valence electrons. The van der Waals surface area contributed by atoms with E-state index in [0.717, 1.165) is 12.1 Å². The Bertz CT molecular complexity index is 870. The second-order valence-electron chi connectivity index (χ2n) is 9.61. The molecule has 1 aromatic rings. The fourth-order valence-electron chi connectivity index (χ4n) is 2.79. The minimum atomic E-state index is -4.94. The molecule has 0 radical (unpaired) electrons. The summed E-state index contributed by atoms with van der Waals surface area (Å²) in [5.74, 6) is -1.91. The molecule has 0 aliphatic carbocycles. The van der Waals surface area contributed by atoms with Crippen LogP contribution in [0.15, 0.2) is 29.7 Å². The Labute approximate surface area is 186 Å². The normalized spacial score (nSPS) is 18.4. The maximum atomic E-state index is 12.6. The zero-order chi connectivity index (χ0) is 24.5. The molecule has 0 bridgehead atoms. The van der Waals surface area contributed by atoms with Gasteiger partial charge in [-0.3, -0.25) is 4.79 Å². The smallest absolute Gasteiger partial charge is 0.444 e. The Morgan fingerprint density at radius 2 is 1.53 bits per heavy atom. The van der Waals surface area contributed by atoms with Crippen molar-refractivity contribution in [1.29, 1.82) is 0 Å². The molecule has 0 spiro atoms. The molecule has 0 unspecified atom stereocenters. The van der Waals surface area contributed by atoms with E-state index < -0.39 is 47.5 Å². The van der Waals surface area contributed by atoms with E-state index >= 15 is 0 Å². The quantitative estimate of drug-likeness (QED) is 0.501. The highest BCUT2D eigenvalue weighted by Gasteiger charge is 2.52. The summed E-state index contributed by atoms with van der Waals surface area (Å²) in [4.78, 5) is 23.5. The molecule has 0 aromatic heterocycles. The molecule has 0 saturated carbocycles. The van der Waals surface area contributed by atoms with Crippen molar-refractivity contribution >= 4 is 25.1 Å². The summed E-state index contributed by atoms with van der Waals surface area (Å²) in [6, 6.07) is 4.98. The number of halogens is 3. The van der Waals surface area contributed by atoms with Gasteiger partial charge in [0.1, 0.15) is 5.60 Å². The van der Waals surface area contributed by atoms with Crippen molar-refractivity contribution in [2.24, 2.45) is 0 Å². The Morgan fingerprint density at radius 3 is 1.97 bits per heavy atom. The Morgan fingerprint density at radius 1 is 1.03 bits per heavy atom. The molecular formula is C22H29BF3NO5. The molecule has 1 fully saturated rings. The van der Waals surface area contributed by atoms with Crippen molar-refractivity contribution in [2.75, 3.05) is 6.54 Å². The fraction of sp³-hybridized carbons (Fsp3) is 0.545. The molecular weight excluding hydrogens is 426 g/mol. The predicted molar refractivity (Wildman–Crippen MR) is 115 cm³/mol. The minimum absolute atomic E-state index is 0.0228. The van der Waals surface area contributed by atoms with E-state index in [0.29, 0.717) is 11.0 Å². The second-order valence-corrected chi connectivity index (χ2v) is 9.61. The largest absolute Gasteiger partial charge is 0.492 e. The molecule has 32 heavy (non-hydrogen) atoms. The van der Waals surface area contributed by atoms with Crippen molar-refractivity contribution in [3.63, 3.8) is 0 Å².